The number of hydrogen-bond donors (Lipinski definition) is 0. The van der Waals surface area contributed by atoms with E-state index in [1.807, 2.05) is 48.5 Å². The smallest absolute Gasteiger partial charge is 0.416 e. The lowest BCUT2D eigenvalue weighted by Crippen LogP contribution is -2.07. The maximum Gasteiger partial charge on any atom is 0.416 e. The van der Waals surface area contributed by atoms with Crippen LogP contribution >= 0.6 is 11.6 Å². The van der Waals surface area contributed by atoms with Gasteiger partial charge in [-0.1, -0.05) is 84.4 Å². The predicted octanol–water partition coefficient (Wildman–Crippen LogP) is 10.5. The van der Waals surface area contributed by atoms with E-state index in [1.165, 1.54) is 35.9 Å². The molecule has 0 spiro atoms. The summed E-state index contributed by atoms with van der Waals surface area (Å²) in [5.41, 5.74) is 5.23. The van der Waals surface area contributed by atoms with E-state index in [0.29, 0.717) is 12.2 Å². The van der Waals surface area contributed by atoms with Crippen LogP contribution in [0.4, 0.5) is 22.0 Å². The van der Waals surface area contributed by atoms with E-state index in [9.17, 15) is 22.0 Å². The summed E-state index contributed by atoms with van der Waals surface area (Å²) in [5.74, 6) is -0.308. The summed E-state index contributed by atoms with van der Waals surface area (Å²) in [7, 11) is 0. The fourth-order valence-electron chi connectivity index (χ4n) is 4.66. The summed E-state index contributed by atoms with van der Waals surface area (Å²) >= 11 is 5.41. The topological polar surface area (TPSA) is 30.8 Å². The van der Waals surface area contributed by atoms with Crippen LogP contribution in [0.15, 0.2) is 120 Å². The van der Waals surface area contributed by atoms with Gasteiger partial charge in [0.1, 0.15) is 42.2 Å². The van der Waals surface area contributed by atoms with Gasteiger partial charge in [0, 0.05) is 5.88 Å². The average Bonchev–Trinajstić information content (AvgIpc) is 3.54. The van der Waals surface area contributed by atoms with Crippen LogP contribution in [-0.4, -0.2) is 12.5 Å². The molecular formula is C37H29ClF5NO2. The molecule has 1 heterocycles. The molecule has 0 bridgehead atoms. The van der Waals surface area contributed by atoms with Gasteiger partial charge >= 0.3 is 6.18 Å². The Morgan fingerprint density at radius 3 is 1.89 bits per heavy atom. The number of rotatable bonds is 7. The Balaban J connectivity index is 0.000000293. The quantitative estimate of drug-likeness (QED) is 0.130. The standard InChI is InChI=1S/C29H23F2NO2.C8H6ClF3/c1-19-5-7-20(8-6-19)17-33-24-15-13-22(14-16-24)21-9-11-23(12-10-21)27-18-34-29(32-27)28-25(30)3-2-4-26(28)31;9-5-6-1-3-7(4-2-6)8(10,11)12/h2-16,27H,17-18H2,1H3;1-4H,5H2. The van der Waals surface area contributed by atoms with Crippen LogP contribution in [-0.2, 0) is 23.4 Å². The number of aliphatic imine (C=N–C) groups is 1. The maximum absolute atomic E-state index is 14.0. The van der Waals surface area contributed by atoms with Gasteiger partial charge in [-0.2, -0.15) is 13.2 Å². The largest absolute Gasteiger partial charge is 0.489 e. The molecule has 0 aliphatic carbocycles. The zero-order valence-electron chi connectivity index (χ0n) is 24.7. The zero-order valence-corrected chi connectivity index (χ0v) is 25.5. The molecule has 6 rings (SSSR count). The zero-order chi connectivity index (χ0) is 32.7. The normalized spacial score (nSPS) is 14.2. The van der Waals surface area contributed by atoms with E-state index < -0.39 is 23.4 Å². The molecular weight excluding hydrogens is 621 g/mol. The number of halogens is 6. The van der Waals surface area contributed by atoms with Crippen molar-refractivity contribution in [2.75, 3.05) is 6.61 Å². The minimum atomic E-state index is -4.26. The van der Waals surface area contributed by atoms with Crippen molar-refractivity contribution in [1.82, 2.24) is 0 Å². The van der Waals surface area contributed by atoms with Crippen molar-refractivity contribution < 1.29 is 31.4 Å². The van der Waals surface area contributed by atoms with Gasteiger partial charge in [-0.25, -0.2) is 13.8 Å². The number of ether oxygens (including phenoxy) is 2. The van der Waals surface area contributed by atoms with Crippen molar-refractivity contribution in [2.45, 2.75) is 31.6 Å². The van der Waals surface area contributed by atoms with E-state index >= 15 is 0 Å². The Morgan fingerprint density at radius 1 is 0.761 bits per heavy atom. The monoisotopic (exact) mass is 649 g/mol. The summed E-state index contributed by atoms with van der Waals surface area (Å²) in [5, 5.41) is 0. The van der Waals surface area contributed by atoms with Crippen LogP contribution in [0.1, 0.15) is 39.4 Å². The first-order chi connectivity index (χ1) is 22.1. The predicted molar refractivity (Wildman–Crippen MR) is 170 cm³/mol. The van der Waals surface area contributed by atoms with Gasteiger partial charge < -0.3 is 9.47 Å². The van der Waals surface area contributed by atoms with E-state index in [4.69, 9.17) is 21.1 Å². The molecule has 5 aromatic rings. The van der Waals surface area contributed by atoms with Gasteiger partial charge in [-0.3, -0.25) is 0 Å². The summed E-state index contributed by atoms with van der Waals surface area (Å²) in [4.78, 5) is 4.41. The third-order valence-corrected chi connectivity index (χ3v) is 7.58. The van der Waals surface area contributed by atoms with E-state index in [0.717, 1.165) is 40.1 Å². The average molecular weight is 650 g/mol. The molecule has 1 aliphatic heterocycles. The minimum Gasteiger partial charge on any atom is -0.489 e. The second-order valence-corrected chi connectivity index (χ2v) is 10.9. The molecule has 0 N–H and O–H groups in total. The molecule has 46 heavy (non-hydrogen) atoms. The van der Waals surface area contributed by atoms with Crippen LogP contribution in [0, 0.1) is 18.6 Å². The minimum absolute atomic E-state index is 0.00547. The van der Waals surface area contributed by atoms with Gasteiger partial charge in [0.25, 0.3) is 0 Å². The molecule has 0 saturated heterocycles. The molecule has 236 valence electrons. The van der Waals surface area contributed by atoms with Gasteiger partial charge in [0.2, 0.25) is 5.90 Å². The van der Waals surface area contributed by atoms with Crippen LogP contribution in [0.3, 0.4) is 0 Å². The van der Waals surface area contributed by atoms with Crippen LogP contribution in [0.2, 0.25) is 0 Å². The second-order valence-electron chi connectivity index (χ2n) is 10.6. The number of aryl methyl sites for hydroxylation is 1. The summed E-state index contributed by atoms with van der Waals surface area (Å²) < 4.78 is 75.5. The number of nitrogens with zero attached hydrogens (tertiary/aromatic N) is 1. The van der Waals surface area contributed by atoms with Crippen LogP contribution in [0.25, 0.3) is 11.1 Å². The van der Waals surface area contributed by atoms with Crippen molar-refractivity contribution in [3.8, 4) is 16.9 Å². The molecule has 3 nitrogen and oxygen atoms in total. The van der Waals surface area contributed by atoms with Gasteiger partial charge in [0.05, 0.1) is 5.56 Å². The Kier molecular flexibility index (Phi) is 10.4. The molecule has 0 aromatic heterocycles. The Bertz CT molecular complexity index is 1750. The van der Waals surface area contributed by atoms with E-state index in [2.05, 4.69) is 36.2 Å². The van der Waals surface area contributed by atoms with Crippen LogP contribution < -0.4 is 4.74 Å². The Hall–Kier alpha value is -4.69. The van der Waals surface area contributed by atoms with Crippen molar-refractivity contribution in [3.05, 3.63) is 160 Å². The first-order valence-corrected chi connectivity index (χ1v) is 14.9. The third-order valence-electron chi connectivity index (χ3n) is 7.27. The number of benzene rings is 5. The van der Waals surface area contributed by atoms with E-state index in [-0.39, 0.29) is 30.0 Å². The highest BCUT2D eigenvalue weighted by Crippen LogP contribution is 2.31. The molecule has 0 fully saturated rings. The Labute approximate surface area is 268 Å². The summed E-state index contributed by atoms with van der Waals surface area (Å²) in [6, 6.07) is 32.4. The van der Waals surface area contributed by atoms with Crippen molar-refractivity contribution >= 4 is 17.5 Å². The molecule has 1 unspecified atom stereocenters. The lowest BCUT2D eigenvalue weighted by molar-refractivity contribution is -0.137. The lowest BCUT2D eigenvalue weighted by atomic mass is 10.0. The highest BCUT2D eigenvalue weighted by atomic mass is 35.5. The SMILES string of the molecule is Cc1ccc(COc2ccc(-c3ccc(C4COC(c5c(F)cccc5F)=N4)cc3)cc2)cc1.FC(F)(F)c1ccc(CCl)cc1. The molecule has 9 heteroatoms. The number of alkyl halides is 4. The van der Waals surface area contributed by atoms with Crippen molar-refractivity contribution in [1.29, 1.82) is 0 Å². The first-order valence-electron chi connectivity index (χ1n) is 14.4. The molecule has 0 saturated carbocycles. The van der Waals surface area contributed by atoms with Crippen molar-refractivity contribution in [3.63, 3.8) is 0 Å². The fraction of sp³-hybridized carbons (Fsp3) is 0.162. The molecule has 1 aliphatic rings. The lowest BCUT2D eigenvalue weighted by Gasteiger charge is -2.09. The van der Waals surface area contributed by atoms with Crippen molar-refractivity contribution in [2.24, 2.45) is 4.99 Å². The molecule has 1 atom stereocenters. The molecule has 0 amide bonds. The summed E-state index contributed by atoms with van der Waals surface area (Å²) in [6.07, 6.45) is -4.26. The first kappa shape index (κ1) is 32.7. The van der Waals surface area contributed by atoms with Gasteiger partial charge in [0.15, 0.2) is 0 Å². The third kappa shape index (κ3) is 8.31. The number of hydrogen-bond acceptors (Lipinski definition) is 3. The van der Waals surface area contributed by atoms with E-state index in [1.54, 1.807) is 0 Å². The second kappa shape index (κ2) is 14.6. The van der Waals surface area contributed by atoms with Crippen LogP contribution in [0.5, 0.6) is 5.75 Å². The highest BCUT2D eigenvalue weighted by Gasteiger charge is 2.30. The van der Waals surface area contributed by atoms with Gasteiger partial charge in [-0.15, -0.1) is 11.6 Å². The summed E-state index contributed by atoms with van der Waals surface area (Å²) in [6.45, 7) is 2.83. The molecule has 0 radical (unpaired) electrons. The maximum atomic E-state index is 14.0. The molecule has 5 aromatic carbocycles. The Morgan fingerprint density at radius 2 is 1.33 bits per heavy atom. The van der Waals surface area contributed by atoms with Gasteiger partial charge in [-0.05, 0) is 71.1 Å². The highest BCUT2D eigenvalue weighted by molar-refractivity contribution is 6.17. The fourth-order valence-corrected chi connectivity index (χ4v) is 4.84.